The zero-order chi connectivity index (χ0) is 20.5. The zero-order valence-electron chi connectivity index (χ0n) is 17.3. The topological polar surface area (TPSA) is 46.1 Å². The maximum Gasteiger partial charge on any atom is 0.193 e. The summed E-state index contributed by atoms with van der Waals surface area (Å²) in [7, 11) is 0. The smallest absolute Gasteiger partial charge is 0.193 e. The largest absolute Gasteiger partial charge is 0.376 e. The molecule has 0 spiro atoms. The van der Waals surface area contributed by atoms with Gasteiger partial charge in [-0.1, -0.05) is 6.07 Å². The number of likely N-dealkylation sites (tertiary alicyclic amines) is 1. The molecule has 7 heteroatoms. The molecule has 1 aromatic carbocycles. The van der Waals surface area contributed by atoms with Gasteiger partial charge in [0.1, 0.15) is 11.6 Å². The number of hydrogen-bond acceptors (Lipinski definition) is 3. The molecule has 1 unspecified atom stereocenters. The lowest BCUT2D eigenvalue weighted by Crippen LogP contribution is -2.47. The highest BCUT2D eigenvalue weighted by atomic mass is 19.1. The average molecular weight is 410 g/mol. The van der Waals surface area contributed by atoms with Gasteiger partial charge in [0.2, 0.25) is 0 Å². The summed E-state index contributed by atoms with van der Waals surface area (Å²) >= 11 is 0. The third-order valence-electron chi connectivity index (χ3n) is 5.53. The number of hydrogen-bond donors (Lipinski definition) is 1. The number of aliphatic imine (C=N–C) groups is 1. The van der Waals surface area contributed by atoms with Crippen LogP contribution >= 0.6 is 0 Å². The number of piperidine rings is 1. The first kappa shape index (κ1) is 22.0. The van der Waals surface area contributed by atoms with Gasteiger partial charge in [-0.3, -0.25) is 4.99 Å². The average Bonchev–Trinajstić information content (AvgIpc) is 2.74. The number of benzene rings is 1. The standard InChI is InChI=1S/C22H33F2N3O2/c1-2-25-22(26-11-8-17-6-7-18(23)15-21(17)24)27-12-9-19(10-13-27)29-16-20-5-3-4-14-28-20/h6-7,15,19-20H,2-5,8-14,16H2,1H3,(H,25,26). The maximum absolute atomic E-state index is 13.8. The molecule has 1 atom stereocenters. The van der Waals surface area contributed by atoms with Gasteiger partial charge in [0, 0.05) is 38.9 Å². The fourth-order valence-corrected chi connectivity index (χ4v) is 3.85. The fourth-order valence-electron chi connectivity index (χ4n) is 3.85. The molecule has 0 aliphatic carbocycles. The molecule has 5 nitrogen and oxygen atoms in total. The summed E-state index contributed by atoms with van der Waals surface area (Å²) < 4.78 is 38.7. The molecule has 0 amide bonds. The lowest BCUT2D eigenvalue weighted by molar-refractivity contribution is -0.0721. The molecule has 0 bridgehead atoms. The zero-order valence-corrected chi connectivity index (χ0v) is 17.3. The van der Waals surface area contributed by atoms with Crippen molar-refractivity contribution in [3.63, 3.8) is 0 Å². The van der Waals surface area contributed by atoms with Crippen molar-refractivity contribution in [2.45, 2.75) is 57.7 Å². The van der Waals surface area contributed by atoms with E-state index in [1.807, 2.05) is 6.92 Å². The van der Waals surface area contributed by atoms with Crippen LogP contribution in [0.2, 0.25) is 0 Å². The van der Waals surface area contributed by atoms with E-state index in [9.17, 15) is 8.78 Å². The summed E-state index contributed by atoms with van der Waals surface area (Å²) in [5.41, 5.74) is 0.489. The van der Waals surface area contributed by atoms with Crippen molar-refractivity contribution in [2.24, 2.45) is 4.99 Å². The second-order valence-electron chi connectivity index (χ2n) is 7.73. The van der Waals surface area contributed by atoms with Gasteiger partial charge in [0.15, 0.2) is 5.96 Å². The molecule has 2 heterocycles. The minimum absolute atomic E-state index is 0.257. The maximum atomic E-state index is 13.8. The van der Waals surface area contributed by atoms with Crippen molar-refractivity contribution < 1.29 is 18.3 Å². The summed E-state index contributed by atoms with van der Waals surface area (Å²) in [6.07, 6.45) is 6.40. The SMILES string of the molecule is CCNC(=NCCc1ccc(F)cc1F)N1CCC(OCC2CCCCO2)CC1. The number of halogens is 2. The first-order valence-electron chi connectivity index (χ1n) is 10.9. The van der Waals surface area contributed by atoms with Crippen LogP contribution in [0.25, 0.3) is 0 Å². The Bertz CT molecular complexity index is 657. The van der Waals surface area contributed by atoms with Crippen LogP contribution in [0.5, 0.6) is 0 Å². The van der Waals surface area contributed by atoms with Crippen LogP contribution in [-0.2, 0) is 15.9 Å². The van der Waals surface area contributed by atoms with Crippen molar-refractivity contribution in [3.05, 3.63) is 35.4 Å². The Morgan fingerprint density at radius 1 is 1.24 bits per heavy atom. The first-order valence-corrected chi connectivity index (χ1v) is 10.9. The van der Waals surface area contributed by atoms with Crippen molar-refractivity contribution in [1.29, 1.82) is 0 Å². The molecule has 29 heavy (non-hydrogen) atoms. The first-order chi connectivity index (χ1) is 14.2. The van der Waals surface area contributed by atoms with E-state index in [1.165, 1.54) is 18.6 Å². The molecule has 162 valence electrons. The number of guanidine groups is 1. The molecule has 0 radical (unpaired) electrons. The molecular formula is C22H33F2N3O2. The highest BCUT2D eigenvalue weighted by molar-refractivity contribution is 5.80. The normalized spacial score (nSPS) is 21.4. The molecule has 2 aliphatic rings. The van der Waals surface area contributed by atoms with Crippen molar-refractivity contribution in [3.8, 4) is 0 Å². The quantitative estimate of drug-likeness (QED) is 0.553. The predicted molar refractivity (Wildman–Crippen MR) is 110 cm³/mol. The van der Waals surface area contributed by atoms with E-state index in [4.69, 9.17) is 9.47 Å². The molecule has 2 fully saturated rings. The third kappa shape index (κ3) is 6.93. The van der Waals surface area contributed by atoms with E-state index in [0.29, 0.717) is 25.1 Å². The van der Waals surface area contributed by atoms with E-state index in [1.54, 1.807) is 0 Å². The second kappa shape index (κ2) is 11.5. The molecular weight excluding hydrogens is 376 g/mol. The van der Waals surface area contributed by atoms with Crippen molar-refractivity contribution in [2.75, 3.05) is 39.4 Å². The molecule has 2 aliphatic heterocycles. The Labute approximate surface area is 172 Å². The fraction of sp³-hybridized carbons (Fsp3) is 0.682. The number of ether oxygens (including phenoxy) is 2. The Balaban J connectivity index is 1.44. The minimum Gasteiger partial charge on any atom is -0.376 e. The van der Waals surface area contributed by atoms with Crippen LogP contribution in [0.3, 0.4) is 0 Å². The van der Waals surface area contributed by atoms with E-state index < -0.39 is 11.6 Å². The monoisotopic (exact) mass is 409 g/mol. The Kier molecular flexibility index (Phi) is 8.68. The van der Waals surface area contributed by atoms with Gasteiger partial charge in [-0.15, -0.1) is 0 Å². The minimum atomic E-state index is -0.553. The highest BCUT2D eigenvalue weighted by Gasteiger charge is 2.23. The van der Waals surface area contributed by atoms with E-state index in [2.05, 4.69) is 15.2 Å². The van der Waals surface area contributed by atoms with E-state index >= 15 is 0 Å². The summed E-state index contributed by atoms with van der Waals surface area (Å²) in [6, 6.07) is 3.70. The Hall–Kier alpha value is -1.73. The van der Waals surface area contributed by atoms with Gasteiger partial charge in [0.05, 0.1) is 18.8 Å². The molecule has 2 saturated heterocycles. The highest BCUT2D eigenvalue weighted by Crippen LogP contribution is 2.18. The summed E-state index contributed by atoms with van der Waals surface area (Å²) in [4.78, 5) is 6.89. The lowest BCUT2D eigenvalue weighted by Gasteiger charge is -2.35. The van der Waals surface area contributed by atoms with Crippen molar-refractivity contribution in [1.82, 2.24) is 10.2 Å². The van der Waals surface area contributed by atoms with Crippen LogP contribution in [0.1, 0.15) is 44.6 Å². The van der Waals surface area contributed by atoms with E-state index in [0.717, 1.165) is 64.0 Å². The summed E-state index contributed by atoms with van der Waals surface area (Å²) in [5.74, 6) is -0.211. The molecule has 1 N–H and O–H groups in total. The number of nitrogens with zero attached hydrogens (tertiary/aromatic N) is 2. The lowest BCUT2D eigenvalue weighted by atomic mass is 10.1. The number of rotatable bonds is 7. The Morgan fingerprint density at radius 2 is 2.07 bits per heavy atom. The van der Waals surface area contributed by atoms with Crippen LogP contribution < -0.4 is 5.32 Å². The molecule has 1 aromatic rings. The molecule has 0 saturated carbocycles. The van der Waals surface area contributed by atoms with Gasteiger partial charge >= 0.3 is 0 Å². The van der Waals surface area contributed by atoms with Gasteiger partial charge in [-0.2, -0.15) is 0 Å². The van der Waals surface area contributed by atoms with Gasteiger partial charge in [0.25, 0.3) is 0 Å². The van der Waals surface area contributed by atoms with Gasteiger partial charge in [-0.05, 0) is 57.1 Å². The summed E-state index contributed by atoms with van der Waals surface area (Å²) in [5, 5.41) is 3.32. The van der Waals surface area contributed by atoms with Crippen LogP contribution in [0.4, 0.5) is 8.78 Å². The second-order valence-corrected chi connectivity index (χ2v) is 7.73. The van der Waals surface area contributed by atoms with E-state index in [-0.39, 0.29) is 12.2 Å². The van der Waals surface area contributed by atoms with Gasteiger partial charge < -0.3 is 19.7 Å². The Morgan fingerprint density at radius 3 is 2.76 bits per heavy atom. The van der Waals surface area contributed by atoms with Gasteiger partial charge in [-0.25, -0.2) is 8.78 Å². The van der Waals surface area contributed by atoms with Crippen molar-refractivity contribution >= 4 is 5.96 Å². The van der Waals surface area contributed by atoms with Crippen LogP contribution in [-0.4, -0.2) is 62.5 Å². The third-order valence-corrected chi connectivity index (χ3v) is 5.53. The molecule has 0 aromatic heterocycles. The number of nitrogens with one attached hydrogen (secondary N) is 1. The van der Waals surface area contributed by atoms with Crippen LogP contribution in [0.15, 0.2) is 23.2 Å². The predicted octanol–water partition coefficient (Wildman–Crippen LogP) is 3.52. The molecule has 3 rings (SSSR count). The van der Waals surface area contributed by atoms with Crippen LogP contribution in [0, 0.1) is 11.6 Å². The summed E-state index contributed by atoms with van der Waals surface area (Å²) in [6.45, 7) is 6.59.